The van der Waals surface area contributed by atoms with Crippen LogP contribution >= 0.6 is 11.8 Å². The molecule has 0 aliphatic carbocycles. The molecule has 0 spiro atoms. The Labute approximate surface area is 229 Å². The minimum absolute atomic E-state index is 0.00730. The van der Waals surface area contributed by atoms with Crippen molar-refractivity contribution in [2.75, 3.05) is 51.9 Å². The zero-order valence-corrected chi connectivity index (χ0v) is 23.2. The van der Waals surface area contributed by atoms with Crippen LogP contribution in [0.5, 0.6) is 0 Å². The Hall–Kier alpha value is -1.89. The Kier molecular flexibility index (Phi) is 17.1. The number of thioether (sulfide) groups is 1. The largest absolute Gasteiger partial charge is 0.481 e. The molecule has 0 aromatic carbocycles. The second kappa shape index (κ2) is 20.1. The first-order valence-corrected chi connectivity index (χ1v) is 14.9. The summed E-state index contributed by atoms with van der Waals surface area (Å²) in [5.74, 6) is 0.267. The van der Waals surface area contributed by atoms with Gasteiger partial charge in [0, 0.05) is 56.4 Å². The number of ketones is 1. The van der Waals surface area contributed by atoms with Crippen LogP contribution < -0.4 is 16.0 Å². The van der Waals surface area contributed by atoms with E-state index in [4.69, 9.17) is 19.3 Å². The summed E-state index contributed by atoms with van der Waals surface area (Å²) in [5.41, 5.74) is 0. The van der Waals surface area contributed by atoms with E-state index in [9.17, 15) is 19.2 Å². The molecule has 3 atom stereocenters. The third-order valence-corrected chi connectivity index (χ3v) is 7.96. The number of ether oxygens (including phenoxy) is 3. The fourth-order valence-electron chi connectivity index (χ4n) is 4.39. The maximum atomic E-state index is 12.1. The van der Waals surface area contributed by atoms with E-state index in [1.54, 1.807) is 0 Å². The monoisotopic (exact) mass is 559 g/mol. The number of hydrogen-bond donors (Lipinski definition) is 4. The molecule has 3 amide bonds. The summed E-state index contributed by atoms with van der Waals surface area (Å²) in [6.07, 6.45) is 7.20. The van der Waals surface area contributed by atoms with Crippen molar-refractivity contribution in [2.24, 2.45) is 0 Å². The topological polar surface area (TPSA) is 152 Å². The molecular formula is C26H45N3O8S. The molecule has 4 N–H and O–H groups in total. The molecule has 0 unspecified atom stereocenters. The van der Waals surface area contributed by atoms with Crippen molar-refractivity contribution in [1.29, 1.82) is 0 Å². The highest BCUT2D eigenvalue weighted by Gasteiger charge is 2.42. The van der Waals surface area contributed by atoms with Gasteiger partial charge in [0.1, 0.15) is 5.78 Å². The zero-order valence-electron chi connectivity index (χ0n) is 22.4. The third kappa shape index (κ3) is 14.9. The van der Waals surface area contributed by atoms with E-state index in [0.717, 1.165) is 37.9 Å². The smallest absolute Gasteiger partial charge is 0.315 e. The van der Waals surface area contributed by atoms with Gasteiger partial charge in [0.2, 0.25) is 5.91 Å². The molecule has 2 fully saturated rings. The van der Waals surface area contributed by atoms with Crippen molar-refractivity contribution >= 4 is 35.5 Å². The SMILES string of the molecule is O=C(O)CCCC(=O)NCCCOCCOCCOCCCCC(=O)CCCC[C@@H]1SC[C@@H]2NC(=O)N[C@@H]21. The Morgan fingerprint density at radius 1 is 0.816 bits per heavy atom. The molecule has 11 nitrogen and oxygen atoms in total. The van der Waals surface area contributed by atoms with E-state index in [1.165, 1.54) is 0 Å². The van der Waals surface area contributed by atoms with Gasteiger partial charge in [-0.1, -0.05) is 6.42 Å². The highest BCUT2D eigenvalue weighted by Crippen LogP contribution is 2.33. The number of carbonyl (C=O) groups is 4. The van der Waals surface area contributed by atoms with Crippen LogP contribution in [-0.4, -0.2) is 98.1 Å². The number of carboxylic acid groups (broad SMARTS) is 1. The van der Waals surface area contributed by atoms with Gasteiger partial charge in [-0.3, -0.25) is 14.4 Å². The second-order valence-corrected chi connectivity index (χ2v) is 10.9. The van der Waals surface area contributed by atoms with E-state index >= 15 is 0 Å². The highest BCUT2D eigenvalue weighted by atomic mass is 32.2. The quantitative estimate of drug-likeness (QED) is 0.103. The number of urea groups is 1. The molecule has 2 aliphatic rings. The molecule has 0 aromatic heterocycles. The van der Waals surface area contributed by atoms with Crippen LogP contribution in [0.2, 0.25) is 0 Å². The molecule has 2 aliphatic heterocycles. The number of amides is 3. The van der Waals surface area contributed by atoms with Crippen LogP contribution in [0.25, 0.3) is 0 Å². The van der Waals surface area contributed by atoms with E-state index in [-0.39, 0.29) is 36.9 Å². The third-order valence-electron chi connectivity index (χ3n) is 6.45. The predicted molar refractivity (Wildman–Crippen MR) is 144 cm³/mol. The molecule has 2 rings (SSSR count). The molecular weight excluding hydrogens is 514 g/mol. The first kappa shape index (κ1) is 32.3. The van der Waals surface area contributed by atoms with Crippen LogP contribution in [0.15, 0.2) is 0 Å². The van der Waals surface area contributed by atoms with Crippen LogP contribution in [0, 0.1) is 0 Å². The molecule has 12 heteroatoms. The van der Waals surface area contributed by atoms with E-state index in [2.05, 4.69) is 16.0 Å². The average molecular weight is 560 g/mol. The molecule has 2 saturated heterocycles. The minimum atomic E-state index is -0.889. The Morgan fingerprint density at radius 2 is 1.47 bits per heavy atom. The number of carboxylic acids is 1. The molecule has 0 bridgehead atoms. The maximum Gasteiger partial charge on any atom is 0.315 e. The second-order valence-electron chi connectivity index (χ2n) is 9.65. The lowest BCUT2D eigenvalue weighted by molar-refractivity contribution is -0.137. The first-order valence-electron chi connectivity index (χ1n) is 13.9. The summed E-state index contributed by atoms with van der Waals surface area (Å²) in [6, 6.07) is 0.449. The molecule has 0 radical (unpaired) electrons. The standard InChI is InChI=1S/C26H45N3O8S/c30-20(7-1-2-9-22-25-21(19-38-22)28-26(34)29-25)8-3-4-13-35-15-17-37-18-16-36-14-6-12-27-23(31)10-5-11-24(32)33/h21-22,25H,1-19H2,(H,27,31)(H,32,33)(H2,28,29,34)/t21-,22-,25-/m0/s1. The summed E-state index contributed by atoms with van der Waals surface area (Å²) in [7, 11) is 0. The number of hydrogen-bond acceptors (Lipinski definition) is 8. The number of nitrogens with one attached hydrogen (secondary N) is 3. The lowest BCUT2D eigenvalue weighted by Crippen LogP contribution is -2.36. The summed E-state index contributed by atoms with van der Waals surface area (Å²) < 4.78 is 16.5. The van der Waals surface area contributed by atoms with Crippen molar-refractivity contribution in [1.82, 2.24) is 16.0 Å². The minimum Gasteiger partial charge on any atom is -0.481 e. The van der Waals surface area contributed by atoms with E-state index < -0.39 is 5.97 Å². The van der Waals surface area contributed by atoms with Gasteiger partial charge in [-0.15, -0.1) is 0 Å². The van der Waals surface area contributed by atoms with Crippen LogP contribution in [0.4, 0.5) is 4.79 Å². The average Bonchev–Trinajstić information content (AvgIpc) is 3.43. The summed E-state index contributed by atoms with van der Waals surface area (Å²) in [5, 5.41) is 17.7. The number of unbranched alkanes of at least 4 members (excludes halogenated alkanes) is 2. The van der Waals surface area contributed by atoms with Crippen LogP contribution in [-0.2, 0) is 28.6 Å². The van der Waals surface area contributed by atoms with E-state index in [1.807, 2.05) is 11.8 Å². The lowest BCUT2D eigenvalue weighted by Gasteiger charge is -2.16. The van der Waals surface area contributed by atoms with Gasteiger partial charge in [-0.2, -0.15) is 11.8 Å². The lowest BCUT2D eigenvalue weighted by atomic mass is 10.0. The Morgan fingerprint density at radius 3 is 2.18 bits per heavy atom. The zero-order chi connectivity index (χ0) is 27.4. The molecule has 0 saturated carbocycles. The van der Waals surface area contributed by atoms with E-state index in [0.29, 0.717) is 82.9 Å². The first-order chi connectivity index (χ1) is 18.5. The highest BCUT2D eigenvalue weighted by molar-refractivity contribution is 8.00. The number of rotatable bonds is 24. The fraction of sp³-hybridized carbons (Fsp3) is 0.846. The summed E-state index contributed by atoms with van der Waals surface area (Å²) in [4.78, 5) is 45.4. The molecule has 38 heavy (non-hydrogen) atoms. The van der Waals surface area contributed by atoms with Gasteiger partial charge >= 0.3 is 12.0 Å². The number of carbonyl (C=O) groups excluding carboxylic acids is 3. The number of fused-ring (bicyclic) bond motifs is 1. The van der Waals surface area contributed by atoms with Crippen LogP contribution in [0.3, 0.4) is 0 Å². The van der Waals surface area contributed by atoms with Gasteiger partial charge in [0.05, 0.1) is 38.5 Å². The van der Waals surface area contributed by atoms with Gasteiger partial charge in [-0.25, -0.2) is 4.79 Å². The van der Waals surface area contributed by atoms with Crippen molar-refractivity contribution in [3.8, 4) is 0 Å². The van der Waals surface area contributed by atoms with Gasteiger partial charge < -0.3 is 35.3 Å². The van der Waals surface area contributed by atoms with Crippen molar-refractivity contribution in [3.05, 3.63) is 0 Å². The van der Waals surface area contributed by atoms with Crippen molar-refractivity contribution < 1.29 is 38.5 Å². The number of aliphatic carboxylic acids is 1. The van der Waals surface area contributed by atoms with Gasteiger partial charge in [-0.05, 0) is 38.5 Å². The van der Waals surface area contributed by atoms with Crippen molar-refractivity contribution in [3.63, 3.8) is 0 Å². The Balaban J connectivity index is 1.25. The summed E-state index contributed by atoms with van der Waals surface area (Å²) >= 11 is 1.92. The maximum absolute atomic E-state index is 12.1. The number of Topliss-reactive ketones (excluding diaryl/α,β-unsaturated/α-hetero) is 1. The Bertz CT molecular complexity index is 727. The fourth-order valence-corrected chi connectivity index (χ4v) is 5.94. The normalized spacial score (nSPS) is 20.1. The predicted octanol–water partition coefficient (Wildman–Crippen LogP) is 2.26. The van der Waals surface area contributed by atoms with Gasteiger partial charge in [0.25, 0.3) is 0 Å². The molecule has 218 valence electrons. The summed E-state index contributed by atoms with van der Waals surface area (Å²) in [6.45, 7) is 3.61. The van der Waals surface area contributed by atoms with Gasteiger partial charge in [0.15, 0.2) is 0 Å². The van der Waals surface area contributed by atoms with Crippen LogP contribution in [0.1, 0.15) is 70.6 Å². The molecule has 2 heterocycles. The molecule has 0 aromatic rings. The van der Waals surface area contributed by atoms with Crippen molar-refractivity contribution in [2.45, 2.75) is 88.0 Å².